The lowest BCUT2D eigenvalue weighted by atomic mass is 10.1. The monoisotopic (exact) mass is 279 g/mol. The van der Waals surface area contributed by atoms with E-state index in [1.165, 1.54) is 0 Å². The Morgan fingerprint density at radius 1 is 0.857 bits per heavy atom. The van der Waals surface area contributed by atoms with E-state index in [9.17, 15) is 14.7 Å². The summed E-state index contributed by atoms with van der Waals surface area (Å²) in [5.74, 6) is -1.71. The van der Waals surface area contributed by atoms with Crippen molar-refractivity contribution >= 4 is 23.1 Å². The van der Waals surface area contributed by atoms with Gasteiger partial charge in [-0.05, 0) is 24.6 Å². The second kappa shape index (κ2) is 4.90. The van der Waals surface area contributed by atoms with Crippen molar-refractivity contribution < 1.29 is 14.7 Å². The highest BCUT2D eigenvalue weighted by molar-refractivity contribution is 6.44. The van der Waals surface area contributed by atoms with Crippen LogP contribution in [0, 0.1) is 6.92 Å². The fourth-order valence-electron chi connectivity index (χ4n) is 2.31. The van der Waals surface area contributed by atoms with Crippen LogP contribution in [0.3, 0.4) is 0 Å². The number of carbonyl (C=O) groups excluding carboxylic acids is 2. The molecule has 104 valence electrons. The zero-order chi connectivity index (χ0) is 15.0. The van der Waals surface area contributed by atoms with Gasteiger partial charge in [-0.15, -0.1) is 0 Å². The molecule has 2 aromatic rings. The molecule has 0 fully saturated rings. The van der Waals surface area contributed by atoms with Gasteiger partial charge < -0.3 is 5.11 Å². The van der Waals surface area contributed by atoms with Crippen molar-refractivity contribution in [2.75, 3.05) is 4.90 Å². The van der Waals surface area contributed by atoms with E-state index in [0.29, 0.717) is 11.3 Å². The second-order valence-electron chi connectivity index (χ2n) is 4.87. The number of nitrogens with zero attached hydrogens (tertiary/aromatic N) is 1. The van der Waals surface area contributed by atoms with Gasteiger partial charge in [-0.2, -0.15) is 0 Å². The van der Waals surface area contributed by atoms with E-state index in [4.69, 9.17) is 0 Å². The third-order valence-electron chi connectivity index (χ3n) is 3.41. The molecule has 1 aliphatic rings. The highest BCUT2D eigenvalue weighted by Crippen LogP contribution is 2.31. The van der Waals surface area contributed by atoms with Gasteiger partial charge in [-0.25, -0.2) is 4.90 Å². The molecule has 0 aliphatic carbocycles. The molecule has 1 N–H and O–H groups in total. The minimum absolute atomic E-state index is 0.0428. The van der Waals surface area contributed by atoms with Crippen LogP contribution in [0.25, 0.3) is 5.57 Å². The summed E-state index contributed by atoms with van der Waals surface area (Å²) >= 11 is 0. The minimum atomic E-state index is -0.692. The average Bonchev–Trinajstić information content (AvgIpc) is 2.72. The molecule has 1 heterocycles. The summed E-state index contributed by atoms with van der Waals surface area (Å²) in [4.78, 5) is 25.7. The highest BCUT2D eigenvalue weighted by Gasteiger charge is 2.40. The van der Waals surface area contributed by atoms with Crippen LogP contribution in [0.2, 0.25) is 0 Å². The predicted octanol–water partition coefficient (Wildman–Crippen LogP) is 2.84. The first-order valence-electron chi connectivity index (χ1n) is 6.53. The predicted molar refractivity (Wildman–Crippen MR) is 79.7 cm³/mol. The van der Waals surface area contributed by atoms with E-state index in [1.807, 2.05) is 19.1 Å². The molecule has 0 saturated heterocycles. The van der Waals surface area contributed by atoms with E-state index < -0.39 is 17.6 Å². The molecule has 2 amide bonds. The maximum atomic E-state index is 12.5. The van der Waals surface area contributed by atoms with E-state index in [-0.39, 0.29) is 5.57 Å². The highest BCUT2D eigenvalue weighted by atomic mass is 16.3. The lowest BCUT2D eigenvalue weighted by Crippen LogP contribution is -2.31. The van der Waals surface area contributed by atoms with Crippen LogP contribution in [0.1, 0.15) is 11.1 Å². The normalized spacial score (nSPS) is 15.0. The summed E-state index contributed by atoms with van der Waals surface area (Å²) in [6.45, 7) is 1.92. The molecule has 0 radical (unpaired) electrons. The van der Waals surface area contributed by atoms with Crippen LogP contribution in [0.4, 0.5) is 5.69 Å². The minimum Gasteiger partial charge on any atom is -0.502 e. The Morgan fingerprint density at radius 3 is 2.10 bits per heavy atom. The molecule has 4 nitrogen and oxygen atoms in total. The summed E-state index contributed by atoms with van der Waals surface area (Å²) in [5, 5.41) is 10.0. The molecule has 0 spiro atoms. The molecule has 1 aliphatic heterocycles. The molecule has 3 rings (SSSR count). The number of rotatable bonds is 2. The van der Waals surface area contributed by atoms with Crippen molar-refractivity contribution in [2.45, 2.75) is 6.92 Å². The molecular weight excluding hydrogens is 266 g/mol. The van der Waals surface area contributed by atoms with Crippen LogP contribution >= 0.6 is 0 Å². The van der Waals surface area contributed by atoms with Crippen molar-refractivity contribution in [3.63, 3.8) is 0 Å². The molecule has 0 atom stereocenters. The third kappa shape index (κ3) is 2.10. The van der Waals surface area contributed by atoms with Crippen LogP contribution in [0.5, 0.6) is 0 Å². The van der Waals surface area contributed by atoms with Crippen molar-refractivity contribution in [1.82, 2.24) is 0 Å². The smallest absolute Gasteiger partial charge is 0.301 e. The lowest BCUT2D eigenvalue weighted by Gasteiger charge is -2.14. The first kappa shape index (κ1) is 13.1. The Hall–Kier alpha value is -2.88. The van der Waals surface area contributed by atoms with E-state index in [1.54, 1.807) is 42.5 Å². The fourth-order valence-corrected chi connectivity index (χ4v) is 2.31. The van der Waals surface area contributed by atoms with Crippen molar-refractivity contribution in [3.8, 4) is 0 Å². The number of aliphatic hydroxyl groups excluding tert-OH is 1. The molecule has 0 bridgehead atoms. The molecular formula is C17H13NO3. The van der Waals surface area contributed by atoms with Crippen LogP contribution in [-0.4, -0.2) is 16.9 Å². The first-order chi connectivity index (χ1) is 10.1. The number of benzene rings is 2. The number of amides is 2. The van der Waals surface area contributed by atoms with E-state index in [2.05, 4.69) is 0 Å². The summed E-state index contributed by atoms with van der Waals surface area (Å²) in [6.07, 6.45) is 0. The van der Waals surface area contributed by atoms with E-state index >= 15 is 0 Å². The number of anilines is 1. The Kier molecular flexibility index (Phi) is 3.06. The van der Waals surface area contributed by atoms with Crippen LogP contribution < -0.4 is 4.90 Å². The zero-order valence-corrected chi connectivity index (χ0v) is 11.4. The van der Waals surface area contributed by atoms with Gasteiger partial charge in [0.25, 0.3) is 5.91 Å². The number of carbonyl (C=O) groups is 2. The zero-order valence-electron chi connectivity index (χ0n) is 11.4. The maximum absolute atomic E-state index is 12.5. The Labute approximate surface area is 121 Å². The number of hydrogen-bond acceptors (Lipinski definition) is 3. The SMILES string of the molecule is Cc1ccc(N2C(=O)C(O)=C(c3ccccc3)C2=O)cc1. The summed E-state index contributed by atoms with van der Waals surface area (Å²) in [7, 11) is 0. The van der Waals surface area contributed by atoms with Gasteiger partial charge in [0.1, 0.15) is 0 Å². The fraction of sp³-hybridized carbons (Fsp3) is 0.0588. The van der Waals surface area contributed by atoms with Crippen molar-refractivity contribution in [1.29, 1.82) is 0 Å². The van der Waals surface area contributed by atoms with Crippen molar-refractivity contribution in [3.05, 3.63) is 71.5 Å². The molecule has 2 aromatic carbocycles. The van der Waals surface area contributed by atoms with Gasteiger partial charge in [-0.3, -0.25) is 9.59 Å². The van der Waals surface area contributed by atoms with Gasteiger partial charge in [0.2, 0.25) is 0 Å². The third-order valence-corrected chi connectivity index (χ3v) is 3.41. The average molecular weight is 279 g/mol. The number of aryl methyl sites for hydroxylation is 1. The molecule has 4 heteroatoms. The van der Waals surface area contributed by atoms with Gasteiger partial charge >= 0.3 is 5.91 Å². The molecule has 21 heavy (non-hydrogen) atoms. The second-order valence-corrected chi connectivity index (χ2v) is 4.87. The number of aliphatic hydroxyl groups is 1. The van der Waals surface area contributed by atoms with Crippen molar-refractivity contribution in [2.24, 2.45) is 0 Å². The van der Waals surface area contributed by atoms with Gasteiger partial charge in [0.05, 0.1) is 11.3 Å². The van der Waals surface area contributed by atoms with Gasteiger partial charge in [0.15, 0.2) is 5.76 Å². The summed E-state index contributed by atoms with van der Waals surface area (Å²) < 4.78 is 0. The quantitative estimate of drug-likeness (QED) is 0.860. The summed E-state index contributed by atoms with van der Waals surface area (Å²) in [5.41, 5.74) is 2.05. The Bertz CT molecular complexity index is 745. The molecule has 0 unspecified atom stereocenters. The van der Waals surface area contributed by atoms with Crippen LogP contribution in [-0.2, 0) is 9.59 Å². The Balaban J connectivity index is 2.04. The lowest BCUT2D eigenvalue weighted by molar-refractivity contribution is -0.121. The first-order valence-corrected chi connectivity index (χ1v) is 6.53. The largest absolute Gasteiger partial charge is 0.502 e. The molecule has 0 aromatic heterocycles. The van der Waals surface area contributed by atoms with Crippen LogP contribution in [0.15, 0.2) is 60.4 Å². The summed E-state index contributed by atoms with van der Waals surface area (Å²) in [6, 6.07) is 15.7. The molecule has 0 saturated carbocycles. The number of hydrogen-bond donors (Lipinski definition) is 1. The van der Waals surface area contributed by atoms with Gasteiger partial charge in [0, 0.05) is 0 Å². The topological polar surface area (TPSA) is 57.6 Å². The number of imide groups is 1. The standard InChI is InChI=1S/C17H13NO3/c1-11-7-9-13(10-8-11)18-16(20)14(15(19)17(18)21)12-5-3-2-4-6-12/h2-10,19H,1H3. The van der Waals surface area contributed by atoms with Gasteiger partial charge in [-0.1, -0.05) is 48.0 Å². The maximum Gasteiger partial charge on any atom is 0.301 e. The Morgan fingerprint density at radius 2 is 1.48 bits per heavy atom. The van der Waals surface area contributed by atoms with E-state index in [0.717, 1.165) is 10.5 Å².